The van der Waals surface area contributed by atoms with Crippen molar-refractivity contribution in [3.8, 4) is 5.75 Å². The van der Waals surface area contributed by atoms with E-state index < -0.39 is 5.97 Å². The molecule has 1 heterocycles. The molecule has 6 nitrogen and oxygen atoms in total. The predicted molar refractivity (Wildman–Crippen MR) is 95.1 cm³/mol. The number of halogens is 1. The summed E-state index contributed by atoms with van der Waals surface area (Å²) < 4.78 is 13.5. The van der Waals surface area contributed by atoms with Gasteiger partial charge < -0.3 is 9.47 Å². The number of imidazole rings is 1. The number of aromatic nitrogens is 2. The van der Waals surface area contributed by atoms with Crippen molar-refractivity contribution in [3.05, 3.63) is 64.0 Å². The van der Waals surface area contributed by atoms with Crippen LogP contribution in [0.5, 0.6) is 5.75 Å². The van der Waals surface area contributed by atoms with Gasteiger partial charge in [0.25, 0.3) is 0 Å². The van der Waals surface area contributed by atoms with Crippen LogP contribution in [0, 0.1) is 0 Å². The monoisotopic (exact) mass is 360 g/mol. The average molecular weight is 361 g/mol. The number of para-hydroxylation sites is 2. The van der Waals surface area contributed by atoms with E-state index in [4.69, 9.17) is 21.1 Å². The van der Waals surface area contributed by atoms with Crippen LogP contribution in [0.2, 0.25) is 5.02 Å². The first-order chi connectivity index (χ1) is 12.1. The number of nitrogens with zero attached hydrogens (tertiary/aromatic N) is 2. The Morgan fingerprint density at radius 1 is 1.08 bits per heavy atom. The maximum atomic E-state index is 12.3. The fourth-order valence-corrected chi connectivity index (χ4v) is 2.74. The molecule has 0 atom stereocenters. The molecule has 2 aromatic carbocycles. The van der Waals surface area contributed by atoms with Gasteiger partial charge in [0.1, 0.15) is 25.5 Å². The third kappa shape index (κ3) is 3.85. The van der Waals surface area contributed by atoms with Crippen LogP contribution in [0.3, 0.4) is 0 Å². The molecule has 0 aliphatic carbocycles. The van der Waals surface area contributed by atoms with E-state index in [9.17, 15) is 9.59 Å². The van der Waals surface area contributed by atoms with Crippen molar-refractivity contribution in [2.24, 2.45) is 7.05 Å². The second kappa shape index (κ2) is 7.44. The van der Waals surface area contributed by atoms with E-state index in [0.29, 0.717) is 16.3 Å². The second-order valence-electron chi connectivity index (χ2n) is 5.44. The first kappa shape index (κ1) is 17.1. The minimum Gasteiger partial charge on any atom is -0.490 e. The molecule has 0 bridgehead atoms. The van der Waals surface area contributed by atoms with Gasteiger partial charge in [-0.15, -0.1) is 0 Å². The van der Waals surface area contributed by atoms with E-state index in [1.54, 1.807) is 37.4 Å². The SMILES string of the molecule is Cn1c(=O)n(CC(=O)OCCOc2cccc(Cl)c2)c2ccccc21. The Kier molecular flexibility index (Phi) is 5.09. The number of hydrogen-bond acceptors (Lipinski definition) is 4. The predicted octanol–water partition coefficient (Wildman–Crippen LogP) is 2.62. The van der Waals surface area contributed by atoms with E-state index in [-0.39, 0.29) is 25.4 Å². The molecule has 0 aliphatic rings. The van der Waals surface area contributed by atoms with Crippen molar-refractivity contribution in [2.45, 2.75) is 6.54 Å². The third-order valence-corrected chi connectivity index (χ3v) is 3.99. The van der Waals surface area contributed by atoms with Gasteiger partial charge in [-0.1, -0.05) is 29.8 Å². The van der Waals surface area contributed by atoms with E-state index >= 15 is 0 Å². The van der Waals surface area contributed by atoms with Crippen molar-refractivity contribution in [3.63, 3.8) is 0 Å². The van der Waals surface area contributed by atoms with Crippen LogP contribution in [0.25, 0.3) is 11.0 Å². The summed E-state index contributed by atoms with van der Waals surface area (Å²) in [6, 6.07) is 14.3. The van der Waals surface area contributed by atoms with Gasteiger partial charge in [-0.25, -0.2) is 4.79 Å². The molecule has 25 heavy (non-hydrogen) atoms. The summed E-state index contributed by atoms with van der Waals surface area (Å²) in [6.45, 7) is 0.152. The van der Waals surface area contributed by atoms with Gasteiger partial charge >= 0.3 is 11.7 Å². The largest absolute Gasteiger partial charge is 0.490 e. The highest BCUT2D eigenvalue weighted by Crippen LogP contribution is 2.17. The molecule has 3 aromatic rings. The number of aryl methyl sites for hydroxylation is 1. The van der Waals surface area contributed by atoms with E-state index in [0.717, 1.165) is 5.52 Å². The topological polar surface area (TPSA) is 62.5 Å². The molecule has 3 rings (SSSR count). The lowest BCUT2D eigenvalue weighted by Gasteiger charge is -2.08. The molecule has 7 heteroatoms. The normalized spacial score (nSPS) is 10.8. The number of ether oxygens (including phenoxy) is 2. The molecule has 0 saturated carbocycles. The van der Waals surface area contributed by atoms with Crippen LogP contribution >= 0.6 is 11.6 Å². The summed E-state index contributed by atoms with van der Waals surface area (Å²) >= 11 is 5.86. The molecular weight excluding hydrogens is 344 g/mol. The summed E-state index contributed by atoms with van der Waals surface area (Å²) in [4.78, 5) is 24.3. The van der Waals surface area contributed by atoms with Crippen molar-refractivity contribution in [2.75, 3.05) is 13.2 Å². The number of esters is 1. The zero-order valence-corrected chi connectivity index (χ0v) is 14.4. The van der Waals surface area contributed by atoms with Crippen LogP contribution in [0.1, 0.15) is 0 Å². The number of benzene rings is 2. The van der Waals surface area contributed by atoms with Crippen LogP contribution in [-0.4, -0.2) is 28.3 Å². The molecule has 0 saturated heterocycles. The van der Waals surface area contributed by atoms with E-state index in [1.165, 1.54) is 9.13 Å². The molecule has 0 unspecified atom stereocenters. The molecule has 1 aromatic heterocycles. The zero-order chi connectivity index (χ0) is 17.8. The Hall–Kier alpha value is -2.73. The lowest BCUT2D eigenvalue weighted by molar-refractivity contribution is -0.145. The molecule has 0 radical (unpaired) electrons. The average Bonchev–Trinajstić information content (AvgIpc) is 2.84. The maximum absolute atomic E-state index is 12.3. The first-order valence-electron chi connectivity index (χ1n) is 7.74. The highest BCUT2D eigenvalue weighted by molar-refractivity contribution is 6.30. The number of carbonyl (C=O) groups excluding carboxylic acids is 1. The van der Waals surface area contributed by atoms with Crippen LogP contribution in [0.15, 0.2) is 53.3 Å². The molecule has 0 spiro atoms. The van der Waals surface area contributed by atoms with Gasteiger partial charge in [-0.3, -0.25) is 13.9 Å². The molecule has 0 fully saturated rings. The Morgan fingerprint density at radius 3 is 2.60 bits per heavy atom. The Balaban J connectivity index is 1.57. The summed E-state index contributed by atoms with van der Waals surface area (Å²) in [5.74, 6) is 0.113. The van der Waals surface area contributed by atoms with Crippen molar-refractivity contribution in [1.82, 2.24) is 9.13 Å². The van der Waals surface area contributed by atoms with Gasteiger partial charge in [0.05, 0.1) is 11.0 Å². The standard InChI is InChI=1S/C18H17ClN2O4/c1-20-15-7-2-3-8-16(15)21(18(20)23)12-17(22)25-10-9-24-14-6-4-5-13(19)11-14/h2-8,11H,9-10,12H2,1H3. The first-order valence-corrected chi connectivity index (χ1v) is 8.12. The number of hydrogen-bond donors (Lipinski definition) is 0. The summed E-state index contributed by atoms with van der Waals surface area (Å²) in [6.07, 6.45) is 0. The Bertz CT molecular complexity index is 961. The quantitative estimate of drug-likeness (QED) is 0.501. The maximum Gasteiger partial charge on any atom is 0.329 e. The minimum atomic E-state index is -0.492. The second-order valence-corrected chi connectivity index (χ2v) is 5.88. The lowest BCUT2D eigenvalue weighted by atomic mass is 10.3. The minimum absolute atomic E-state index is 0.0882. The number of rotatable bonds is 6. The smallest absolute Gasteiger partial charge is 0.329 e. The van der Waals surface area contributed by atoms with E-state index in [2.05, 4.69) is 0 Å². The summed E-state index contributed by atoms with van der Waals surface area (Å²) in [5, 5.41) is 0.574. The molecule has 0 amide bonds. The Morgan fingerprint density at radius 2 is 1.84 bits per heavy atom. The van der Waals surface area contributed by atoms with Crippen molar-refractivity contribution in [1.29, 1.82) is 0 Å². The fraction of sp³-hybridized carbons (Fsp3) is 0.222. The molecule has 0 N–H and O–H groups in total. The van der Waals surface area contributed by atoms with Crippen LogP contribution in [0.4, 0.5) is 0 Å². The summed E-state index contributed by atoms with van der Waals surface area (Å²) in [7, 11) is 1.67. The molecule has 130 valence electrons. The third-order valence-electron chi connectivity index (χ3n) is 3.75. The van der Waals surface area contributed by atoms with E-state index in [1.807, 2.05) is 18.2 Å². The number of carbonyl (C=O) groups is 1. The lowest BCUT2D eigenvalue weighted by Crippen LogP contribution is -2.27. The highest BCUT2D eigenvalue weighted by atomic mass is 35.5. The van der Waals surface area contributed by atoms with Crippen LogP contribution < -0.4 is 10.4 Å². The zero-order valence-electron chi connectivity index (χ0n) is 13.6. The molecular formula is C18H17ClN2O4. The van der Waals surface area contributed by atoms with Gasteiger partial charge in [0, 0.05) is 12.1 Å². The van der Waals surface area contributed by atoms with Crippen LogP contribution in [-0.2, 0) is 23.1 Å². The van der Waals surface area contributed by atoms with Gasteiger partial charge in [0.15, 0.2) is 0 Å². The van der Waals surface area contributed by atoms with Crippen molar-refractivity contribution >= 4 is 28.6 Å². The van der Waals surface area contributed by atoms with Crippen molar-refractivity contribution < 1.29 is 14.3 Å². The summed E-state index contributed by atoms with van der Waals surface area (Å²) in [5.41, 5.74) is 1.21. The Labute approximate surface area is 149 Å². The number of fused-ring (bicyclic) bond motifs is 1. The van der Waals surface area contributed by atoms with Gasteiger partial charge in [0.2, 0.25) is 0 Å². The van der Waals surface area contributed by atoms with Gasteiger partial charge in [-0.2, -0.15) is 0 Å². The highest BCUT2D eigenvalue weighted by Gasteiger charge is 2.13. The fourth-order valence-electron chi connectivity index (χ4n) is 2.56. The van der Waals surface area contributed by atoms with Gasteiger partial charge in [-0.05, 0) is 30.3 Å². The molecule has 0 aliphatic heterocycles.